The highest BCUT2D eigenvalue weighted by atomic mass is 19.4. The number of rotatable bonds is 5. The molecular formula is C26H29F3N6O4. The zero-order valence-electron chi connectivity index (χ0n) is 22.0. The molecule has 208 valence electrons. The molecule has 5 atom stereocenters. The SMILES string of the molecule is CC(C)(C)[C@H](NC(=O)C(F)(F)F)C(=O)N1C[C@H]2[C@@H]([C@H]1C(=O)NC(C#N)c1cc(=O)n3ccccc3n1)C2(C)C. The number of halogens is 3. The van der Waals surface area contributed by atoms with Crippen molar-refractivity contribution in [3.8, 4) is 6.07 Å². The standard InChI is InChI=1S/C26H29F3N6O4/c1-24(2,3)20(33-23(39)26(27,28)29)22(38)35-12-13-18(25(13,4)5)19(35)21(37)32-15(11-30)14-10-17(36)34-9-7-6-8-16(34)31-14/h6-10,13,15,18-20H,12H2,1-5H3,(H,32,37)(H,33,39)/t13-,15?,18-,19-,20+/m0/s1. The molecular weight excluding hydrogens is 517 g/mol. The molecule has 3 heterocycles. The third kappa shape index (κ3) is 5.07. The van der Waals surface area contributed by atoms with Crippen molar-refractivity contribution in [2.45, 2.75) is 58.9 Å². The summed E-state index contributed by atoms with van der Waals surface area (Å²) in [4.78, 5) is 56.9. The Kier molecular flexibility index (Phi) is 6.73. The van der Waals surface area contributed by atoms with Crippen LogP contribution < -0.4 is 16.2 Å². The number of nitrogens with zero attached hydrogens (tertiary/aromatic N) is 4. The second kappa shape index (κ2) is 9.36. The summed E-state index contributed by atoms with van der Waals surface area (Å²) in [6, 6.07) is 3.94. The van der Waals surface area contributed by atoms with E-state index in [4.69, 9.17) is 0 Å². The Bertz CT molecular complexity index is 1440. The number of carbonyl (C=O) groups excluding carboxylic acids is 3. The molecule has 0 radical (unpaired) electrons. The van der Waals surface area contributed by atoms with E-state index in [-0.39, 0.29) is 35.1 Å². The van der Waals surface area contributed by atoms with E-state index in [0.29, 0.717) is 0 Å². The molecule has 1 saturated heterocycles. The van der Waals surface area contributed by atoms with Crippen LogP contribution in [0, 0.1) is 34.0 Å². The number of hydrogen-bond acceptors (Lipinski definition) is 6. The van der Waals surface area contributed by atoms with Crippen LogP contribution in [0.2, 0.25) is 0 Å². The smallest absolute Gasteiger partial charge is 0.336 e. The third-order valence-electron chi connectivity index (χ3n) is 7.71. The monoisotopic (exact) mass is 546 g/mol. The number of likely N-dealkylation sites (tertiary alicyclic amines) is 1. The molecule has 2 fully saturated rings. The molecule has 0 aromatic carbocycles. The molecule has 0 spiro atoms. The number of pyridine rings is 1. The summed E-state index contributed by atoms with van der Waals surface area (Å²) in [6.45, 7) is 8.48. The van der Waals surface area contributed by atoms with Crippen molar-refractivity contribution in [1.82, 2.24) is 24.9 Å². The molecule has 3 amide bonds. The number of fused-ring (bicyclic) bond motifs is 2. The van der Waals surface area contributed by atoms with Gasteiger partial charge < -0.3 is 15.5 Å². The lowest BCUT2D eigenvalue weighted by atomic mass is 9.85. The molecule has 1 saturated carbocycles. The molecule has 10 nitrogen and oxygen atoms in total. The van der Waals surface area contributed by atoms with E-state index in [9.17, 15) is 37.6 Å². The van der Waals surface area contributed by atoms with Crippen molar-refractivity contribution in [3.05, 3.63) is 46.5 Å². The summed E-state index contributed by atoms with van der Waals surface area (Å²) in [6.07, 6.45) is -3.68. The quantitative estimate of drug-likeness (QED) is 0.588. The van der Waals surface area contributed by atoms with Gasteiger partial charge in [0.15, 0.2) is 6.04 Å². The Morgan fingerprint density at radius 2 is 1.85 bits per heavy atom. The number of nitrogens with one attached hydrogen (secondary N) is 2. The van der Waals surface area contributed by atoms with E-state index in [1.54, 1.807) is 23.5 Å². The summed E-state index contributed by atoms with van der Waals surface area (Å²) in [5.74, 6) is -4.17. The lowest BCUT2D eigenvalue weighted by molar-refractivity contribution is -0.176. The minimum Gasteiger partial charge on any atom is -0.336 e. The van der Waals surface area contributed by atoms with E-state index >= 15 is 0 Å². The van der Waals surface area contributed by atoms with Crippen LogP contribution in [-0.2, 0) is 14.4 Å². The van der Waals surface area contributed by atoms with E-state index < -0.39 is 53.0 Å². The van der Waals surface area contributed by atoms with Gasteiger partial charge in [-0.25, -0.2) is 4.98 Å². The number of carbonyl (C=O) groups is 3. The molecule has 1 unspecified atom stereocenters. The first kappa shape index (κ1) is 28.1. The van der Waals surface area contributed by atoms with Crippen LogP contribution in [0.1, 0.15) is 46.4 Å². The molecule has 1 aliphatic heterocycles. The first-order valence-electron chi connectivity index (χ1n) is 12.3. The Hall–Kier alpha value is -3.95. The highest BCUT2D eigenvalue weighted by Crippen LogP contribution is 2.65. The minimum absolute atomic E-state index is 0.00883. The van der Waals surface area contributed by atoms with Crippen molar-refractivity contribution in [2.24, 2.45) is 22.7 Å². The van der Waals surface area contributed by atoms with Crippen molar-refractivity contribution in [1.29, 1.82) is 5.26 Å². The topological polar surface area (TPSA) is 137 Å². The van der Waals surface area contributed by atoms with Crippen LogP contribution in [0.3, 0.4) is 0 Å². The number of hydrogen-bond donors (Lipinski definition) is 2. The molecule has 39 heavy (non-hydrogen) atoms. The van der Waals surface area contributed by atoms with Gasteiger partial charge in [-0.3, -0.25) is 23.6 Å². The molecule has 0 bridgehead atoms. The predicted octanol–water partition coefficient (Wildman–Crippen LogP) is 1.95. The fourth-order valence-electron chi connectivity index (χ4n) is 5.46. The van der Waals surface area contributed by atoms with Crippen molar-refractivity contribution in [3.63, 3.8) is 0 Å². The summed E-state index contributed by atoms with van der Waals surface area (Å²) >= 11 is 0. The van der Waals surface area contributed by atoms with Crippen LogP contribution in [-0.4, -0.2) is 56.8 Å². The minimum atomic E-state index is -5.19. The van der Waals surface area contributed by atoms with E-state index in [0.717, 1.165) is 6.07 Å². The zero-order valence-corrected chi connectivity index (χ0v) is 22.0. The predicted molar refractivity (Wildman–Crippen MR) is 132 cm³/mol. The highest BCUT2D eigenvalue weighted by Gasteiger charge is 2.70. The Balaban J connectivity index is 1.63. The average molecular weight is 547 g/mol. The van der Waals surface area contributed by atoms with E-state index in [1.165, 1.54) is 36.3 Å². The number of piperidine rings is 1. The van der Waals surface area contributed by atoms with Gasteiger partial charge in [0.05, 0.1) is 11.8 Å². The van der Waals surface area contributed by atoms with Gasteiger partial charge in [0.25, 0.3) is 5.56 Å². The number of amides is 3. The summed E-state index contributed by atoms with van der Waals surface area (Å²) in [5, 5.41) is 14.2. The van der Waals surface area contributed by atoms with Crippen molar-refractivity contribution < 1.29 is 27.6 Å². The lowest BCUT2D eigenvalue weighted by Gasteiger charge is -2.37. The first-order valence-corrected chi connectivity index (χ1v) is 12.3. The van der Waals surface area contributed by atoms with Gasteiger partial charge in [-0.2, -0.15) is 18.4 Å². The van der Waals surface area contributed by atoms with Crippen LogP contribution in [0.5, 0.6) is 0 Å². The summed E-state index contributed by atoms with van der Waals surface area (Å²) < 4.78 is 40.3. The van der Waals surface area contributed by atoms with Gasteiger partial charge in [0, 0.05) is 18.8 Å². The van der Waals surface area contributed by atoms with Crippen LogP contribution in [0.15, 0.2) is 35.3 Å². The Morgan fingerprint density at radius 3 is 2.44 bits per heavy atom. The van der Waals surface area contributed by atoms with Gasteiger partial charge in [-0.1, -0.05) is 40.7 Å². The first-order chi connectivity index (χ1) is 18.0. The number of aromatic nitrogens is 2. The van der Waals surface area contributed by atoms with E-state index in [2.05, 4.69) is 10.3 Å². The molecule has 2 aromatic heterocycles. The largest absolute Gasteiger partial charge is 0.471 e. The zero-order chi connectivity index (χ0) is 29.1. The molecule has 2 aromatic rings. The van der Waals surface area contributed by atoms with Crippen LogP contribution in [0.4, 0.5) is 13.2 Å². The van der Waals surface area contributed by atoms with Crippen molar-refractivity contribution in [2.75, 3.05) is 6.54 Å². The Morgan fingerprint density at radius 1 is 1.18 bits per heavy atom. The highest BCUT2D eigenvalue weighted by molar-refractivity contribution is 5.95. The number of alkyl halides is 3. The maximum absolute atomic E-state index is 13.6. The third-order valence-corrected chi connectivity index (χ3v) is 7.71. The Labute approximate surface area is 222 Å². The normalized spacial score (nSPS) is 23.4. The fourth-order valence-corrected chi connectivity index (χ4v) is 5.46. The van der Waals surface area contributed by atoms with Gasteiger partial charge in [-0.05, 0) is 34.8 Å². The summed E-state index contributed by atoms with van der Waals surface area (Å²) in [5.41, 5.74) is -1.61. The maximum atomic E-state index is 13.6. The molecule has 2 N–H and O–H groups in total. The van der Waals surface area contributed by atoms with Gasteiger partial charge >= 0.3 is 12.1 Å². The molecule has 13 heteroatoms. The number of nitriles is 1. The van der Waals surface area contributed by atoms with Crippen molar-refractivity contribution >= 4 is 23.4 Å². The van der Waals surface area contributed by atoms with Gasteiger partial charge in [0.1, 0.15) is 17.7 Å². The lowest BCUT2D eigenvalue weighted by Crippen LogP contribution is -2.60. The van der Waals surface area contributed by atoms with Crippen LogP contribution >= 0.6 is 0 Å². The van der Waals surface area contributed by atoms with E-state index in [1.807, 2.05) is 19.9 Å². The van der Waals surface area contributed by atoms with Gasteiger partial charge in [-0.15, -0.1) is 0 Å². The summed E-state index contributed by atoms with van der Waals surface area (Å²) in [7, 11) is 0. The fraction of sp³-hybridized carbons (Fsp3) is 0.538. The maximum Gasteiger partial charge on any atom is 0.471 e. The van der Waals surface area contributed by atoms with Crippen LogP contribution in [0.25, 0.3) is 5.65 Å². The average Bonchev–Trinajstić information content (AvgIpc) is 3.16. The molecule has 1 aliphatic carbocycles. The second-order valence-corrected chi connectivity index (χ2v) is 11.7. The molecule has 2 aliphatic rings. The second-order valence-electron chi connectivity index (χ2n) is 11.7. The molecule has 4 rings (SSSR count). The van der Waals surface area contributed by atoms with Gasteiger partial charge in [0.2, 0.25) is 11.8 Å².